The molecule has 19 heavy (non-hydrogen) atoms. The van der Waals surface area contributed by atoms with Crippen LogP contribution in [-0.4, -0.2) is 24.8 Å². The van der Waals surface area contributed by atoms with Crippen molar-refractivity contribution in [3.63, 3.8) is 0 Å². The Morgan fingerprint density at radius 2 is 1.79 bits per heavy atom. The summed E-state index contributed by atoms with van der Waals surface area (Å²) in [6.45, 7) is 9.30. The molecule has 1 rings (SSSR count). The lowest BCUT2D eigenvalue weighted by Gasteiger charge is -2.21. The predicted octanol–water partition coefficient (Wildman–Crippen LogP) is 0.571. The number of carboxylic acid groups (broad SMARTS) is 1. The summed E-state index contributed by atoms with van der Waals surface area (Å²) in [4.78, 5) is 9.79. The number of hydrogen-bond acceptors (Lipinski definition) is 4. The van der Waals surface area contributed by atoms with Gasteiger partial charge in [0.05, 0.1) is 4.75 Å². The van der Waals surface area contributed by atoms with Crippen LogP contribution in [0.3, 0.4) is 0 Å². The summed E-state index contributed by atoms with van der Waals surface area (Å²) in [6.07, 6.45) is 0.998. The highest BCUT2D eigenvalue weighted by atomic mass is 32.2. The minimum absolute atomic E-state index is 0.390. The first-order valence-electron chi connectivity index (χ1n) is 6.31. The molecule has 0 aliphatic heterocycles. The fourth-order valence-electron chi connectivity index (χ4n) is 1.79. The third kappa shape index (κ3) is 7.37. The Morgan fingerprint density at radius 3 is 1.84 bits per heavy atom. The Kier molecular flexibility index (Phi) is 5.83. The summed E-state index contributed by atoms with van der Waals surface area (Å²) in [5, 5.41) is 17.1. The smallest absolute Gasteiger partial charge is 0.214 e. The van der Waals surface area contributed by atoms with E-state index in [2.05, 4.69) is 5.32 Å². The lowest BCUT2D eigenvalue weighted by atomic mass is 10.1. The average Bonchev–Trinajstić information content (AvgIpc) is 2.78. The van der Waals surface area contributed by atoms with Gasteiger partial charge in [-0.05, 0) is 46.0 Å². The number of sulfonamides is 1. The zero-order valence-corrected chi connectivity index (χ0v) is 13.1. The number of primary sulfonamides is 1. The first kappa shape index (κ1) is 18.2. The zero-order chi connectivity index (χ0) is 15.5. The topological polar surface area (TPSA) is 112 Å². The van der Waals surface area contributed by atoms with Gasteiger partial charge >= 0.3 is 0 Å². The third-order valence-corrected chi connectivity index (χ3v) is 4.45. The second-order valence-electron chi connectivity index (χ2n) is 6.49. The average molecular weight is 293 g/mol. The molecule has 3 N–H and O–H groups in total. The number of amides is 1. The molecule has 0 saturated heterocycles. The maximum atomic E-state index is 11.0. The molecule has 0 bridgehead atoms. The zero-order valence-electron chi connectivity index (χ0n) is 12.3. The quantitative estimate of drug-likeness (QED) is 0.792. The standard InChI is InChI=1S/C7H15NO2S.C5H11NO2/c1-6(2)5-7(3-4-7)11(8,9)10;1-5(2,3)6-4(7)8/h6H,3-5H2,1-2H3,(H2,8,9,10);6H,1-3H3,(H,7,8)/p-1. The van der Waals surface area contributed by atoms with E-state index in [4.69, 9.17) is 5.14 Å². The molecule has 1 aliphatic rings. The van der Waals surface area contributed by atoms with E-state index >= 15 is 0 Å². The van der Waals surface area contributed by atoms with Crippen LogP contribution in [-0.2, 0) is 10.0 Å². The largest absolute Gasteiger partial charge is 0.530 e. The fraction of sp³-hybridized carbons (Fsp3) is 0.917. The van der Waals surface area contributed by atoms with Gasteiger partial charge in [0.15, 0.2) is 0 Å². The SMILES string of the molecule is CC(C)(C)NC(=O)[O-].CC(C)CC1(S(N)(=O)=O)CC1. The van der Waals surface area contributed by atoms with Crippen LogP contribution in [0.25, 0.3) is 0 Å². The maximum absolute atomic E-state index is 11.0. The van der Waals surface area contributed by atoms with Gasteiger partial charge in [-0.1, -0.05) is 13.8 Å². The summed E-state index contributed by atoms with van der Waals surface area (Å²) < 4.78 is 21.5. The number of nitrogens with two attached hydrogens (primary N) is 1. The summed E-state index contributed by atoms with van der Waals surface area (Å²) in [5.74, 6) is 0.413. The molecule has 1 fully saturated rings. The van der Waals surface area contributed by atoms with Crippen LogP contribution < -0.4 is 15.6 Å². The van der Waals surface area contributed by atoms with Crippen LogP contribution >= 0.6 is 0 Å². The van der Waals surface area contributed by atoms with Crippen molar-refractivity contribution in [3.8, 4) is 0 Å². The Bertz CT molecular complexity index is 406. The molecule has 0 atom stereocenters. The molecule has 6 nitrogen and oxygen atoms in total. The molecule has 0 radical (unpaired) electrons. The van der Waals surface area contributed by atoms with Crippen LogP contribution in [0, 0.1) is 5.92 Å². The molecule has 1 saturated carbocycles. The Balaban J connectivity index is 0.000000362. The summed E-state index contributed by atoms with van der Waals surface area (Å²) in [7, 11) is -3.29. The van der Waals surface area contributed by atoms with Crippen LogP contribution in [0.2, 0.25) is 0 Å². The van der Waals surface area contributed by atoms with E-state index in [1.807, 2.05) is 13.8 Å². The molecule has 0 unspecified atom stereocenters. The van der Waals surface area contributed by atoms with Gasteiger partial charge in [-0.3, -0.25) is 0 Å². The second kappa shape index (κ2) is 6.09. The van der Waals surface area contributed by atoms with E-state index in [9.17, 15) is 18.3 Å². The van der Waals surface area contributed by atoms with E-state index in [1.165, 1.54) is 0 Å². The summed E-state index contributed by atoms with van der Waals surface area (Å²) in [5.41, 5.74) is -0.390. The number of carbonyl (C=O) groups excluding carboxylic acids is 1. The van der Waals surface area contributed by atoms with Crippen molar-refractivity contribution in [2.45, 2.75) is 64.2 Å². The first-order valence-corrected chi connectivity index (χ1v) is 7.85. The van der Waals surface area contributed by atoms with Crippen molar-refractivity contribution >= 4 is 16.1 Å². The molecule has 1 amide bonds. The predicted molar refractivity (Wildman–Crippen MR) is 72.8 cm³/mol. The molecular formula is C12H25N2O4S-. The normalized spacial score (nSPS) is 17.4. The van der Waals surface area contributed by atoms with Gasteiger partial charge in [-0.2, -0.15) is 0 Å². The third-order valence-electron chi connectivity index (χ3n) is 2.67. The molecule has 1 aliphatic carbocycles. The molecule has 0 spiro atoms. The lowest BCUT2D eigenvalue weighted by molar-refractivity contribution is -0.252. The van der Waals surface area contributed by atoms with E-state index in [0.717, 1.165) is 12.8 Å². The van der Waals surface area contributed by atoms with E-state index < -0.39 is 26.4 Å². The van der Waals surface area contributed by atoms with Crippen LogP contribution in [0.15, 0.2) is 0 Å². The van der Waals surface area contributed by atoms with Gasteiger partial charge in [0.2, 0.25) is 10.0 Å². The van der Waals surface area contributed by atoms with Crippen LogP contribution in [0.5, 0.6) is 0 Å². The fourth-order valence-corrected chi connectivity index (χ4v) is 3.03. The molecular weight excluding hydrogens is 268 g/mol. The molecule has 0 heterocycles. The maximum Gasteiger partial charge on any atom is 0.214 e. The number of hydrogen-bond donors (Lipinski definition) is 2. The van der Waals surface area contributed by atoms with Crippen molar-refractivity contribution in [2.24, 2.45) is 11.1 Å². The van der Waals surface area contributed by atoms with Crippen LogP contribution in [0.4, 0.5) is 4.79 Å². The first-order chi connectivity index (χ1) is 8.29. The molecule has 0 aromatic heterocycles. The van der Waals surface area contributed by atoms with Gasteiger partial charge in [0, 0.05) is 5.54 Å². The lowest BCUT2D eigenvalue weighted by Crippen LogP contribution is -2.47. The van der Waals surface area contributed by atoms with E-state index in [-0.39, 0.29) is 0 Å². The molecule has 114 valence electrons. The molecule has 0 aromatic carbocycles. The summed E-state index contributed by atoms with van der Waals surface area (Å²) in [6, 6.07) is 0. The number of rotatable bonds is 3. The van der Waals surface area contributed by atoms with Crippen molar-refractivity contribution in [2.75, 3.05) is 0 Å². The van der Waals surface area contributed by atoms with E-state index in [0.29, 0.717) is 12.3 Å². The second-order valence-corrected chi connectivity index (χ2v) is 8.44. The minimum Gasteiger partial charge on any atom is -0.530 e. The molecule has 7 heteroatoms. The highest BCUT2D eigenvalue weighted by Gasteiger charge is 2.52. The van der Waals surface area contributed by atoms with Gasteiger partial charge < -0.3 is 15.2 Å². The summed E-state index contributed by atoms with van der Waals surface area (Å²) >= 11 is 0. The minimum atomic E-state index is -3.29. The molecule has 0 aromatic rings. The van der Waals surface area contributed by atoms with Gasteiger partial charge in [0.1, 0.15) is 6.09 Å². The van der Waals surface area contributed by atoms with Crippen molar-refractivity contribution in [3.05, 3.63) is 0 Å². The van der Waals surface area contributed by atoms with Crippen molar-refractivity contribution in [1.29, 1.82) is 0 Å². The van der Waals surface area contributed by atoms with Gasteiger partial charge in [0.25, 0.3) is 0 Å². The van der Waals surface area contributed by atoms with Gasteiger partial charge in [-0.25, -0.2) is 13.6 Å². The van der Waals surface area contributed by atoms with Crippen LogP contribution in [0.1, 0.15) is 53.9 Å². The number of carbonyl (C=O) groups is 1. The van der Waals surface area contributed by atoms with Crippen molar-refractivity contribution in [1.82, 2.24) is 5.32 Å². The van der Waals surface area contributed by atoms with Crippen molar-refractivity contribution < 1.29 is 18.3 Å². The Labute approximate surface area is 115 Å². The highest BCUT2D eigenvalue weighted by molar-refractivity contribution is 7.90. The number of nitrogens with one attached hydrogen (secondary N) is 1. The Hall–Kier alpha value is -0.820. The van der Waals surface area contributed by atoms with Gasteiger partial charge in [-0.15, -0.1) is 0 Å². The Morgan fingerprint density at radius 1 is 1.37 bits per heavy atom. The van der Waals surface area contributed by atoms with E-state index in [1.54, 1.807) is 20.8 Å². The highest BCUT2D eigenvalue weighted by Crippen LogP contribution is 2.46. The monoisotopic (exact) mass is 293 g/mol.